The minimum absolute atomic E-state index is 0.118. The topological polar surface area (TPSA) is 49.3 Å². The molecule has 1 rings (SSSR count). The molecule has 72 valence electrons. The Morgan fingerprint density at radius 3 is 2.62 bits per heavy atom. The van der Waals surface area contributed by atoms with Gasteiger partial charge in [0.2, 0.25) is 0 Å². The van der Waals surface area contributed by atoms with Gasteiger partial charge in [-0.05, 0) is 6.08 Å². The molecule has 1 aliphatic heterocycles. The highest BCUT2D eigenvalue weighted by atomic mass is 19.4. The van der Waals surface area contributed by atoms with Crippen molar-refractivity contribution in [2.45, 2.75) is 6.18 Å². The molecule has 0 unspecified atom stereocenters. The van der Waals surface area contributed by atoms with Crippen LogP contribution in [-0.2, 0) is 4.79 Å². The van der Waals surface area contributed by atoms with Crippen LogP contribution < -0.4 is 5.32 Å². The van der Waals surface area contributed by atoms with E-state index in [-0.39, 0.29) is 6.54 Å². The van der Waals surface area contributed by atoms with Crippen LogP contribution in [0.15, 0.2) is 23.4 Å². The van der Waals surface area contributed by atoms with Crippen molar-refractivity contribution >= 4 is 5.97 Å². The van der Waals surface area contributed by atoms with Crippen LogP contribution in [0, 0.1) is 0 Å². The highest BCUT2D eigenvalue weighted by Crippen LogP contribution is 2.28. The van der Waals surface area contributed by atoms with Crippen LogP contribution in [0.1, 0.15) is 0 Å². The minimum atomic E-state index is -4.48. The van der Waals surface area contributed by atoms with Crippen molar-refractivity contribution in [2.24, 2.45) is 0 Å². The first-order valence-electron chi connectivity index (χ1n) is 3.37. The normalized spacial score (nSPS) is 17.2. The highest BCUT2D eigenvalue weighted by molar-refractivity contribution is 5.87. The molecule has 1 aliphatic rings. The molecule has 0 saturated carbocycles. The Morgan fingerprint density at radius 1 is 1.54 bits per heavy atom. The lowest BCUT2D eigenvalue weighted by atomic mass is 10.1. The van der Waals surface area contributed by atoms with Gasteiger partial charge in [-0.3, -0.25) is 0 Å². The maximum atomic E-state index is 12.0. The van der Waals surface area contributed by atoms with Crippen LogP contribution in [0.2, 0.25) is 0 Å². The average molecular weight is 193 g/mol. The van der Waals surface area contributed by atoms with Crippen LogP contribution >= 0.6 is 0 Å². The molecule has 6 heteroatoms. The Labute approximate surface area is 71.5 Å². The molecule has 0 aliphatic carbocycles. The van der Waals surface area contributed by atoms with Crippen molar-refractivity contribution in [3.8, 4) is 0 Å². The average Bonchev–Trinajstić information content (AvgIpc) is 2.03. The standard InChI is InChI=1S/C7H6F3NO2/c8-7(9,10)4-1-2-11-5(3-4)6(12)13/h1,3,11H,2H2,(H,12,13). The smallest absolute Gasteiger partial charge is 0.416 e. The molecule has 0 aromatic carbocycles. The second kappa shape index (κ2) is 3.12. The van der Waals surface area contributed by atoms with Gasteiger partial charge in [0.1, 0.15) is 5.70 Å². The summed E-state index contributed by atoms with van der Waals surface area (Å²) in [5.74, 6) is -1.39. The van der Waals surface area contributed by atoms with Crippen molar-refractivity contribution in [1.29, 1.82) is 0 Å². The number of allylic oxidation sites excluding steroid dienone is 2. The van der Waals surface area contributed by atoms with Crippen LogP contribution in [0.4, 0.5) is 13.2 Å². The summed E-state index contributed by atoms with van der Waals surface area (Å²) in [6, 6.07) is 0. The van der Waals surface area contributed by atoms with E-state index in [4.69, 9.17) is 5.11 Å². The monoisotopic (exact) mass is 193 g/mol. The molecular weight excluding hydrogens is 187 g/mol. The van der Waals surface area contributed by atoms with Crippen molar-refractivity contribution in [2.75, 3.05) is 6.54 Å². The Morgan fingerprint density at radius 2 is 2.15 bits per heavy atom. The third kappa shape index (κ3) is 2.24. The Hall–Kier alpha value is -1.46. The van der Waals surface area contributed by atoms with E-state index >= 15 is 0 Å². The maximum Gasteiger partial charge on any atom is 0.416 e. The van der Waals surface area contributed by atoms with Gasteiger partial charge in [0.25, 0.3) is 0 Å². The molecule has 0 saturated heterocycles. The van der Waals surface area contributed by atoms with E-state index in [0.29, 0.717) is 6.08 Å². The van der Waals surface area contributed by atoms with Gasteiger partial charge < -0.3 is 10.4 Å². The van der Waals surface area contributed by atoms with E-state index in [2.05, 4.69) is 5.32 Å². The molecule has 3 nitrogen and oxygen atoms in total. The lowest BCUT2D eigenvalue weighted by molar-refractivity contribution is -0.133. The molecule has 1 heterocycles. The molecule has 0 spiro atoms. The first-order chi connectivity index (χ1) is 5.91. The first kappa shape index (κ1) is 9.63. The number of nitrogens with one attached hydrogen (secondary N) is 1. The molecule has 2 N–H and O–H groups in total. The van der Waals surface area contributed by atoms with Crippen molar-refractivity contribution < 1.29 is 23.1 Å². The SMILES string of the molecule is O=C(O)C1=CC(C(F)(F)F)=CCN1. The summed E-state index contributed by atoms with van der Waals surface area (Å²) in [5, 5.41) is 10.7. The predicted octanol–water partition coefficient (Wildman–Crippen LogP) is 1.05. The molecule has 0 bridgehead atoms. The zero-order valence-corrected chi connectivity index (χ0v) is 6.35. The van der Waals surface area contributed by atoms with E-state index in [1.54, 1.807) is 0 Å². The van der Waals surface area contributed by atoms with Crippen LogP contribution in [0.3, 0.4) is 0 Å². The zero-order valence-electron chi connectivity index (χ0n) is 6.35. The number of carbonyl (C=O) groups is 1. The quantitative estimate of drug-likeness (QED) is 0.654. The lowest BCUT2D eigenvalue weighted by Crippen LogP contribution is -2.26. The van der Waals surface area contributed by atoms with Gasteiger partial charge in [0.15, 0.2) is 0 Å². The molecule has 0 aromatic rings. The van der Waals surface area contributed by atoms with E-state index in [9.17, 15) is 18.0 Å². The van der Waals surface area contributed by atoms with Gasteiger partial charge in [-0.25, -0.2) is 4.79 Å². The summed E-state index contributed by atoms with van der Waals surface area (Å²) in [6.45, 7) is -0.118. The fourth-order valence-corrected chi connectivity index (χ4v) is 0.871. The van der Waals surface area contributed by atoms with Gasteiger partial charge >= 0.3 is 12.1 Å². The van der Waals surface area contributed by atoms with Crippen molar-refractivity contribution in [1.82, 2.24) is 5.32 Å². The number of halogens is 3. The second-order valence-corrected chi connectivity index (χ2v) is 2.40. The number of hydrogen-bond donors (Lipinski definition) is 2. The number of carboxylic acid groups (broad SMARTS) is 1. The Balaban J connectivity index is 2.91. The van der Waals surface area contributed by atoms with Crippen LogP contribution in [0.25, 0.3) is 0 Å². The Bertz CT molecular complexity index is 291. The fraction of sp³-hybridized carbons (Fsp3) is 0.286. The number of alkyl halides is 3. The highest BCUT2D eigenvalue weighted by Gasteiger charge is 2.33. The van der Waals surface area contributed by atoms with Gasteiger partial charge in [0.05, 0.1) is 5.57 Å². The first-order valence-corrected chi connectivity index (χ1v) is 3.37. The van der Waals surface area contributed by atoms with Crippen molar-refractivity contribution in [3.63, 3.8) is 0 Å². The van der Waals surface area contributed by atoms with E-state index in [0.717, 1.165) is 6.08 Å². The molecule has 0 radical (unpaired) electrons. The number of rotatable bonds is 1. The summed E-state index contributed by atoms with van der Waals surface area (Å²) in [4.78, 5) is 10.3. The maximum absolute atomic E-state index is 12.0. The third-order valence-electron chi connectivity index (χ3n) is 1.47. The van der Waals surface area contributed by atoms with Gasteiger partial charge in [-0.2, -0.15) is 13.2 Å². The molecule has 13 heavy (non-hydrogen) atoms. The molecule has 0 fully saturated rings. The van der Waals surface area contributed by atoms with E-state index < -0.39 is 23.4 Å². The molecular formula is C7H6F3NO2. The summed E-state index contributed by atoms with van der Waals surface area (Å²) < 4.78 is 36.1. The molecule has 0 aromatic heterocycles. The number of hydrogen-bond acceptors (Lipinski definition) is 2. The van der Waals surface area contributed by atoms with Gasteiger partial charge in [-0.1, -0.05) is 6.08 Å². The predicted molar refractivity (Wildman–Crippen MR) is 37.9 cm³/mol. The summed E-state index contributed by atoms with van der Waals surface area (Å²) >= 11 is 0. The number of dihydropyridines is 1. The molecule has 0 atom stereocenters. The number of carboxylic acids is 1. The van der Waals surface area contributed by atoms with Gasteiger partial charge in [-0.15, -0.1) is 0 Å². The van der Waals surface area contributed by atoms with E-state index in [1.165, 1.54) is 0 Å². The van der Waals surface area contributed by atoms with E-state index in [1.807, 2.05) is 0 Å². The number of aliphatic carboxylic acids is 1. The fourth-order valence-electron chi connectivity index (χ4n) is 0.871. The summed E-state index contributed by atoms with van der Waals surface area (Å²) in [7, 11) is 0. The lowest BCUT2D eigenvalue weighted by Gasteiger charge is -2.14. The zero-order chi connectivity index (χ0) is 10.1. The largest absolute Gasteiger partial charge is 0.477 e. The second-order valence-electron chi connectivity index (χ2n) is 2.40. The van der Waals surface area contributed by atoms with Crippen LogP contribution in [-0.4, -0.2) is 23.8 Å². The third-order valence-corrected chi connectivity index (χ3v) is 1.47. The summed E-state index contributed by atoms with van der Waals surface area (Å²) in [6.07, 6.45) is -3.01. The summed E-state index contributed by atoms with van der Waals surface area (Å²) in [5.41, 5.74) is -1.36. The Kier molecular flexibility index (Phi) is 2.31. The van der Waals surface area contributed by atoms with Gasteiger partial charge in [0, 0.05) is 6.54 Å². The van der Waals surface area contributed by atoms with Crippen molar-refractivity contribution in [3.05, 3.63) is 23.4 Å². The minimum Gasteiger partial charge on any atom is -0.477 e. The molecule has 0 amide bonds. The van der Waals surface area contributed by atoms with Crippen LogP contribution in [0.5, 0.6) is 0 Å².